The Morgan fingerprint density at radius 1 is 0.697 bits per heavy atom. The number of phenolic OH excluding ortho intramolecular Hbond substituents is 8. The SMILES string of the molecule is O=C(O[C@@H]1Cc2c(O)cc(O)cc2C[C@@H]1c1cc(O)c(O)c(O)c1)c1cc(O)c(O)c(O)c1. The molecule has 0 amide bonds. The second-order valence-corrected chi connectivity index (χ2v) is 7.83. The fraction of sp³-hybridized carbons (Fsp3) is 0.174. The van der Waals surface area contributed by atoms with E-state index in [0.717, 1.165) is 18.2 Å². The van der Waals surface area contributed by atoms with Crippen LogP contribution in [0.4, 0.5) is 0 Å². The van der Waals surface area contributed by atoms with Crippen LogP contribution in [0.1, 0.15) is 33.0 Å². The maximum Gasteiger partial charge on any atom is 0.338 e. The van der Waals surface area contributed by atoms with Crippen LogP contribution in [0.5, 0.6) is 46.0 Å². The third kappa shape index (κ3) is 3.93. The van der Waals surface area contributed by atoms with Crippen molar-refractivity contribution in [1.82, 2.24) is 0 Å². The molecule has 10 nitrogen and oxygen atoms in total. The van der Waals surface area contributed by atoms with Crippen molar-refractivity contribution >= 4 is 5.97 Å². The molecule has 2 atom stereocenters. The molecule has 0 unspecified atom stereocenters. The highest BCUT2D eigenvalue weighted by Crippen LogP contribution is 2.44. The second-order valence-electron chi connectivity index (χ2n) is 7.83. The Morgan fingerprint density at radius 2 is 1.24 bits per heavy atom. The summed E-state index contributed by atoms with van der Waals surface area (Å²) in [5.74, 6) is -6.16. The van der Waals surface area contributed by atoms with E-state index in [1.54, 1.807) is 0 Å². The van der Waals surface area contributed by atoms with Crippen LogP contribution in [0.25, 0.3) is 0 Å². The van der Waals surface area contributed by atoms with Gasteiger partial charge in [0.15, 0.2) is 34.5 Å². The Balaban J connectivity index is 1.75. The highest BCUT2D eigenvalue weighted by molar-refractivity contribution is 5.91. The normalized spacial score (nSPS) is 17.3. The smallest absolute Gasteiger partial charge is 0.338 e. The summed E-state index contributed by atoms with van der Waals surface area (Å²) in [4.78, 5) is 12.8. The monoisotopic (exact) mass is 456 g/mol. The first-order chi connectivity index (χ1) is 15.5. The molecule has 3 aromatic carbocycles. The maximum atomic E-state index is 12.8. The Kier molecular flexibility index (Phi) is 5.21. The predicted molar refractivity (Wildman–Crippen MR) is 112 cm³/mol. The van der Waals surface area contributed by atoms with Gasteiger partial charge in [-0.1, -0.05) is 0 Å². The first-order valence-electron chi connectivity index (χ1n) is 9.79. The van der Waals surface area contributed by atoms with Crippen LogP contribution in [0.15, 0.2) is 36.4 Å². The van der Waals surface area contributed by atoms with E-state index in [-0.39, 0.29) is 29.9 Å². The summed E-state index contributed by atoms with van der Waals surface area (Å²) in [6, 6.07) is 6.81. The predicted octanol–water partition coefficient (Wildman–Crippen LogP) is 2.44. The lowest BCUT2D eigenvalue weighted by molar-refractivity contribution is 0.0212. The number of aromatic hydroxyl groups is 8. The molecule has 33 heavy (non-hydrogen) atoms. The molecule has 0 fully saturated rings. The van der Waals surface area contributed by atoms with E-state index >= 15 is 0 Å². The highest BCUT2D eigenvalue weighted by atomic mass is 16.5. The Morgan fingerprint density at radius 3 is 1.82 bits per heavy atom. The number of hydrogen-bond acceptors (Lipinski definition) is 10. The van der Waals surface area contributed by atoms with Crippen molar-refractivity contribution in [3.8, 4) is 46.0 Å². The first kappa shape index (κ1) is 21.8. The molecule has 0 heterocycles. The number of hydrogen-bond donors (Lipinski definition) is 8. The fourth-order valence-electron chi connectivity index (χ4n) is 4.05. The van der Waals surface area contributed by atoms with E-state index in [2.05, 4.69) is 0 Å². The summed E-state index contributed by atoms with van der Waals surface area (Å²) in [6.45, 7) is 0. The molecule has 1 aliphatic rings. The van der Waals surface area contributed by atoms with Crippen LogP contribution in [-0.4, -0.2) is 52.9 Å². The van der Waals surface area contributed by atoms with Gasteiger partial charge < -0.3 is 45.6 Å². The van der Waals surface area contributed by atoms with Crippen molar-refractivity contribution < 1.29 is 50.4 Å². The second kappa shape index (κ2) is 7.90. The molecule has 0 aromatic heterocycles. The zero-order chi connectivity index (χ0) is 24.0. The number of esters is 1. The lowest BCUT2D eigenvalue weighted by Crippen LogP contribution is -2.33. The van der Waals surface area contributed by atoms with Crippen LogP contribution in [0.2, 0.25) is 0 Å². The molecule has 0 spiro atoms. The highest BCUT2D eigenvalue weighted by Gasteiger charge is 2.35. The van der Waals surface area contributed by atoms with Gasteiger partial charge in [0.05, 0.1) is 5.56 Å². The minimum absolute atomic E-state index is 0.00367. The summed E-state index contributed by atoms with van der Waals surface area (Å²) < 4.78 is 5.60. The summed E-state index contributed by atoms with van der Waals surface area (Å²) in [5, 5.41) is 78.6. The van der Waals surface area contributed by atoms with Gasteiger partial charge in [-0.25, -0.2) is 4.79 Å². The molecule has 0 radical (unpaired) electrons. The summed E-state index contributed by atoms with van der Waals surface area (Å²) in [5.41, 5.74) is 1.03. The molecule has 1 aliphatic carbocycles. The topological polar surface area (TPSA) is 188 Å². The Bertz CT molecular complexity index is 1220. The average Bonchev–Trinajstić information content (AvgIpc) is 2.75. The van der Waals surface area contributed by atoms with Gasteiger partial charge in [-0.05, 0) is 47.9 Å². The maximum absolute atomic E-state index is 12.8. The number of rotatable bonds is 3. The third-order valence-electron chi connectivity index (χ3n) is 5.68. The lowest BCUT2D eigenvalue weighted by Gasteiger charge is -2.33. The molecule has 4 rings (SSSR count). The van der Waals surface area contributed by atoms with Crippen LogP contribution in [0.3, 0.4) is 0 Å². The number of phenols is 8. The standard InChI is InChI=1S/C23H20O10/c24-12-1-9-2-14(10-3-16(26)21(30)17(27)4-10)20(8-13(9)15(25)7-12)33-23(32)11-5-18(28)22(31)19(29)6-11/h1,3-7,14,20,24-31H,2,8H2/t14-,20-/m1/s1. The van der Waals surface area contributed by atoms with Crippen LogP contribution >= 0.6 is 0 Å². The van der Waals surface area contributed by atoms with Crippen LogP contribution in [-0.2, 0) is 17.6 Å². The van der Waals surface area contributed by atoms with Crippen molar-refractivity contribution in [1.29, 1.82) is 0 Å². The minimum atomic E-state index is -0.957. The fourth-order valence-corrected chi connectivity index (χ4v) is 4.05. The van der Waals surface area contributed by atoms with Crippen LogP contribution in [0, 0.1) is 0 Å². The summed E-state index contributed by atoms with van der Waals surface area (Å²) >= 11 is 0. The Hall–Kier alpha value is -4.47. The number of carbonyl (C=O) groups excluding carboxylic acids is 1. The average molecular weight is 456 g/mol. The number of benzene rings is 3. The largest absolute Gasteiger partial charge is 0.508 e. The van der Waals surface area contributed by atoms with Crippen molar-refractivity contribution in [2.24, 2.45) is 0 Å². The van der Waals surface area contributed by atoms with Crippen LogP contribution < -0.4 is 0 Å². The van der Waals surface area contributed by atoms with Gasteiger partial charge in [-0.15, -0.1) is 0 Å². The Labute approximate surface area is 186 Å². The van der Waals surface area contributed by atoms with Gasteiger partial charge in [-0.2, -0.15) is 0 Å². The number of ether oxygens (including phenoxy) is 1. The molecule has 8 N–H and O–H groups in total. The minimum Gasteiger partial charge on any atom is -0.508 e. The van der Waals surface area contributed by atoms with Crippen molar-refractivity contribution in [2.45, 2.75) is 24.9 Å². The lowest BCUT2D eigenvalue weighted by atomic mass is 9.77. The summed E-state index contributed by atoms with van der Waals surface area (Å²) in [6.07, 6.45) is -0.830. The van der Waals surface area contributed by atoms with Crippen molar-refractivity contribution in [2.75, 3.05) is 0 Å². The van der Waals surface area contributed by atoms with E-state index < -0.39 is 52.5 Å². The van der Waals surface area contributed by atoms with Gasteiger partial charge in [0, 0.05) is 24.0 Å². The quantitative estimate of drug-likeness (QED) is 0.215. The molecule has 0 aliphatic heterocycles. The zero-order valence-electron chi connectivity index (χ0n) is 16.9. The molecule has 0 saturated carbocycles. The number of carbonyl (C=O) groups is 1. The van der Waals surface area contributed by atoms with Gasteiger partial charge in [-0.3, -0.25) is 0 Å². The zero-order valence-corrected chi connectivity index (χ0v) is 16.9. The third-order valence-corrected chi connectivity index (χ3v) is 5.68. The number of fused-ring (bicyclic) bond motifs is 1. The van der Waals surface area contributed by atoms with E-state index in [4.69, 9.17) is 4.74 Å². The van der Waals surface area contributed by atoms with Crippen molar-refractivity contribution in [3.05, 3.63) is 58.7 Å². The van der Waals surface area contributed by atoms with E-state index in [9.17, 15) is 45.6 Å². The van der Waals surface area contributed by atoms with Crippen molar-refractivity contribution in [3.63, 3.8) is 0 Å². The van der Waals surface area contributed by atoms with Gasteiger partial charge in [0.25, 0.3) is 0 Å². The molecule has 0 saturated heterocycles. The molecule has 3 aromatic rings. The molecular formula is C23H20O10. The molecular weight excluding hydrogens is 436 g/mol. The van der Waals surface area contributed by atoms with E-state index in [1.807, 2.05) is 0 Å². The molecule has 0 bridgehead atoms. The summed E-state index contributed by atoms with van der Waals surface area (Å²) in [7, 11) is 0. The van der Waals surface area contributed by atoms with Gasteiger partial charge in [0.1, 0.15) is 17.6 Å². The van der Waals surface area contributed by atoms with E-state index in [0.29, 0.717) is 16.7 Å². The molecule has 10 heteroatoms. The van der Waals surface area contributed by atoms with Gasteiger partial charge in [0.2, 0.25) is 0 Å². The molecule has 172 valence electrons. The first-order valence-corrected chi connectivity index (χ1v) is 9.79. The van der Waals surface area contributed by atoms with E-state index in [1.165, 1.54) is 18.2 Å². The van der Waals surface area contributed by atoms with Gasteiger partial charge >= 0.3 is 5.97 Å².